The minimum atomic E-state index is 0.776. The summed E-state index contributed by atoms with van der Waals surface area (Å²) < 4.78 is 4.07. The van der Waals surface area contributed by atoms with Crippen molar-refractivity contribution in [3.05, 3.63) is 35.1 Å². The van der Waals surface area contributed by atoms with Gasteiger partial charge in [0.1, 0.15) is 0 Å². The summed E-state index contributed by atoms with van der Waals surface area (Å²) in [6.45, 7) is 7.66. The molecule has 1 N–H and O–H groups in total. The Morgan fingerprint density at radius 3 is 2.90 bits per heavy atom. The van der Waals surface area contributed by atoms with Gasteiger partial charge in [0.05, 0.1) is 22.7 Å². The molecule has 0 aliphatic rings. The van der Waals surface area contributed by atoms with Crippen molar-refractivity contribution in [2.45, 2.75) is 46.3 Å². The van der Waals surface area contributed by atoms with E-state index < -0.39 is 0 Å². The fourth-order valence-electron chi connectivity index (χ4n) is 2.21. The third-order valence-corrected chi connectivity index (χ3v) is 3.82. The first-order valence-electron chi connectivity index (χ1n) is 7.10. The molecule has 2 aromatic rings. The number of hydrogen-bond donors (Lipinski definition) is 1. The molecular formula is C14H22ClN5. The third kappa shape index (κ3) is 3.84. The van der Waals surface area contributed by atoms with Gasteiger partial charge in [0, 0.05) is 32.0 Å². The Bertz CT molecular complexity index is 518. The van der Waals surface area contributed by atoms with E-state index in [0.29, 0.717) is 0 Å². The van der Waals surface area contributed by atoms with E-state index in [2.05, 4.69) is 26.9 Å². The molecule has 0 saturated carbocycles. The van der Waals surface area contributed by atoms with Gasteiger partial charge in [-0.3, -0.25) is 4.68 Å². The van der Waals surface area contributed by atoms with Crippen LogP contribution < -0.4 is 5.32 Å². The van der Waals surface area contributed by atoms with Gasteiger partial charge in [0.25, 0.3) is 0 Å². The molecule has 0 bridgehead atoms. The Morgan fingerprint density at radius 1 is 1.35 bits per heavy atom. The van der Waals surface area contributed by atoms with Crippen LogP contribution >= 0.6 is 11.6 Å². The number of nitrogens with one attached hydrogen (secondary N) is 1. The molecule has 5 nitrogen and oxygen atoms in total. The zero-order valence-electron chi connectivity index (χ0n) is 12.1. The van der Waals surface area contributed by atoms with Crippen molar-refractivity contribution in [1.29, 1.82) is 0 Å². The van der Waals surface area contributed by atoms with Gasteiger partial charge < -0.3 is 9.88 Å². The monoisotopic (exact) mass is 295 g/mol. The van der Waals surface area contributed by atoms with Gasteiger partial charge in [0.15, 0.2) is 0 Å². The SMILES string of the molecule is CCn1nc(C)c(Cl)c1CNCCCCn1ccnc1. The van der Waals surface area contributed by atoms with Crippen molar-refractivity contribution < 1.29 is 0 Å². The van der Waals surface area contributed by atoms with E-state index in [0.717, 1.165) is 55.4 Å². The van der Waals surface area contributed by atoms with Crippen LogP contribution in [0.1, 0.15) is 31.2 Å². The zero-order valence-corrected chi connectivity index (χ0v) is 12.9. The Hall–Kier alpha value is -1.33. The lowest BCUT2D eigenvalue weighted by Crippen LogP contribution is -2.18. The topological polar surface area (TPSA) is 47.7 Å². The van der Waals surface area contributed by atoms with Crippen LogP contribution in [-0.2, 0) is 19.6 Å². The summed E-state index contributed by atoms with van der Waals surface area (Å²) in [5.41, 5.74) is 1.99. The Labute approximate surface area is 125 Å². The quantitative estimate of drug-likeness (QED) is 0.762. The Kier molecular flexibility index (Phi) is 5.61. The van der Waals surface area contributed by atoms with Crippen molar-refractivity contribution >= 4 is 11.6 Å². The summed E-state index contributed by atoms with van der Waals surface area (Å²) >= 11 is 6.27. The van der Waals surface area contributed by atoms with Gasteiger partial charge in [-0.1, -0.05) is 11.6 Å². The molecule has 2 heterocycles. The average Bonchev–Trinajstić information content (AvgIpc) is 3.05. The highest BCUT2D eigenvalue weighted by Crippen LogP contribution is 2.19. The van der Waals surface area contributed by atoms with E-state index in [1.807, 2.05) is 30.3 Å². The highest BCUT2D eigenvalue weighted by Gasteiger charge is 2.11. The van der Waals surface area contributed by atoms with Crippen LogP contribution in [0.3, 0.4) is 0 Å². The maximum Gasteiger partial charge on any atom is 0.0945 e. The summed E-state index contributed by atoms with van der Waals surface area (Å²) in [6.07, 6.45) is 7.94. The minimum Gasteiger partial charge on any atom is -0.337 e. The van der Waals surface area contributed by atoms with Crippen LogP contribution in [0.15, 0.2) is 18.7 Å². The fourth-order valence-corrected chi connectivity index (χ4v) is 2.41. The second-order valence-corrected chi connectivity index (χ2v) is 5.22. The normalized spacial score (nSPS) is 11.2. The summed E-state index contributed by atoms with van der Waals surface area (Å²) in [4.78, 5) is 4.03. The van der Waals surface area contributed by atoms with E-state index in [1.54, 1.807) is 0 Å². The maximum absolute atomic E-state index is 6.27. The molecule has 110 valence electrons. The first-order chi connectivity index (χ1) is 9.72. The second kappa shape index (κ2) is 7.45. The molecule has 0 aliphatic carbocycles. The Balaban J connectivity index is 1.68. The van der Waals surface area contributed by atoms with Gasteiger partial charge in [-0.05, 0) is 33.2 Å². The van der Waals surface area contributed by atoms with Gasteiger partial charge in [-0.15, -0.1) is 0 Å². The molecule has 20 heavy (non-hydrogen) atoms. The van der Waals surface area contributed by atoms with E-state index in [9.17, 15) is 0 Å². The van der Waals surface area contributed by atoms with Crippen LogP contribution in [0, 0.1) is 6.92 Å². The number of rotatable bonds is 8. The van der Waals surface area contributed by atoms with Crippen molar-refractivity contribution in [3.8, 4) is 0 Å². The van der Waals surface area contributed by atoms with Gasteiger partial charge in [-0.2, -0.15) is 5.10 Å². The van der Waals surface area contributed by atoms with E-state index in [1.165, 1.54) is 0 Å². The number of imidazole rings is 1. The molecular weight excluding hydrogens is 274 g/mol. The highest BCUT2D eigenvalue weighted by atomic mass is 35.5. The lowest BCUT2D eigenvalue weighted by atomic mass is 10.3. The molecule has 0 unspecified atom stereocenters. The van der Waals surface area contributed by atoms with Gasteiger partial charge >= 0.3 is 0 Å². The Morgan fingerprint density at radius 2 is 2.20 bits per heavy atom. The smallest absolute Gasteiger partial charge is 0.0945 e. The van der Waals surface area contributed by atoms with Crippen LogP contribution in [0.5, 0.6) is 0 Å². The molecule has 2 aromatic heterocycles. The molecule has 0 amide bonds. The molecule has 0 aliphatic heterocycles. The van der Waals surface area contributed by atoms with Crippen LogP contribution in [0.2, 0.25) is 5.02 Å². The first kappa shape index (κ1) is 15.1. The second-order valence-electron chi connectivity index (χ2n) is 4.85. The predicted octanol–water partition coefficient (Wildman–Crippen LogP) is 2.63. The van der Waals surface area contributed by atoms with E-state index in [4.69, 9.17) is 11.6 Å². The molecule has 0 saturated heterocycles. The van der Waals surface area contributed by atoms with Crippen molar-refractivity contribution in [1.82, 2.24) is 24.6 Å². The fraction of sp³-hybridized carbons (Fsp3) is 0.571. The van der Waals surface area contributed by atoms with E-state index in [-0.39, 0.29) is 0 Å². The maximum atomic E-state index is 6.27. The molecule has 0 fully saturated rings. The lowest BCUT2D eigenvalue weighted by Gasteiger charge is -2.07. The van der Waals surface area contributed by atoms with Gasteiger partial charge in [-0.25, -0.2) is 4.98 Å². The van der Waals surface area contributed by atoms with Crippen molar-refractivity contribution in [2.24, 2.45) is 0 Å². The van der Waals surface area contributed by atoms with Crippen molar-refractivity contribution in [3.63, 3.8) is 0 Å². The number of nitrogens with zero attached hydrogens (tertiary/aromatic N) is 4. The average molecular weight is 296 g/mol. The van der Waals surface area contributed by atoms with Crippen LogP contribution in [0.4, 0.5) is 0 Å². The molecule has 0 aromatic carbocycles. The number of aryl methyl sites for hydroxylation is 3. The minimum absolute atomic E-state index is 0.776. The lowest BCUT2D eigenvalue weighted by molar-refractivity contribution is 0.544. The molecule has 0 atom stereocenters. The largest absolute Gasteiger partial charge is 0.337 e. The number of halogens is 1. The number of unbranched alkanes of at least 4 members (excludes halogenated alkanes) is 1. The highest BCUT2D eigenvalue weighted by molar-refractivity contribution is 6.31. The van der Waals surface area contributed by atoms with E-state index >= 15 is 0 Å². The van der Waals surface area contributed by atoms with Crippen LogP contribution in [0.25, 0.3) is 0 Å². The molecule has 0 spiro atoms. The van der Waals surface area contributed by atoms with Crippen LogP contribution in [-0.4, -0.2) is 25.9 Å². The van der Waals surface area contributed by atoms with Crippen molar-refractivity contribution in [2.75, 3.05) is 6.54 Å². The summed E-state index contributed by atoms with van der Waals surface area (Å²) in [5.74, 6) is 0. The summed E-state index contributed by atoms with van der Waals surface area (Å²) in [7, 11) is 0. The standard InChI is InChI=1S/C14H22ClN5/c1-3-20-13(14(15)12(2)18-20)10-16-6-4-5-8-19-9-7-17-11-19/h7,9,11,16H,3-6,8,10H2,1-2H3. The molecule has 6 heteroatoms. The number of aromatic nitrogens is 4. The zero-order chi connectivity index (χ0) is 14.4. The first-order valence-corrected chi connectivity index (χ1v) is 7.48. The summed E-state index contributed by atoms with van der Waals surface area (Å²) in [5, 5.41) is 8.64. The summed E-state index contributed by atoms with van der Waals surface area (Å²) in [6, 6.07) is 0. The molecule has 0 radical (unpaired) electrons. The molecule has 2 rings (SSSR count). The predicted molar refractivity (Wildman–Crippen MR) is 80.8 cm³/mol. The number of hydrogen-bond acceptors (Lipinski definition) is 3. The van der Waals surface area contributed by atoms with Gasteiger partial charge in [0.2, 0.25) is 0 Å². The third-order valence-electron chi connectivity index (χ3n) is 3.32.